The van der Waals surface area contributed by atoms with Crippen molar-refractivity contribution in [3.8, 4) is 0 Å². The van der Waals surface area contributed by atoms with Crippen molar-refractivity contribution in [1.29, 1.82) is 0 Å². The Morgan fingerprint density at radius 2 is 1.20 bits per heavy atom. The molecular formula is C15H12. The third-order valence-corrected chi connectivity index (χ3v) is 3.01. The van der Waals surface area contributed by atoms with E-state index in [2.05, 4.69) is 49.6 Å². The molecule has 0 bridgehead atoms. The van der Waals surface area contributed by atoms with Gasteiger partial charge >= 0.3 is 0 Å². The topological polar surface area (TPSA) is 0 Å². The summed E-state index contributed by atoms with van der Waals surface area (Å²) in [6.07, 6.45) is 1.03. The Bertz CT molecular complexity index is 660. The molecule has 0 spiro atoms. The van der Waals surface area contributed by atoms with Gasteiger partial charge in [0.15, 0.2) is 0 Å². The van der Waals surface area contributed by atoms with Gasteiger partial charge in [-0.2, -0.15) is 0 Å². The van der Waals surface area contributed by atoms with Crippen LogP contribution in [0.25, 0.3) is 13.2 Å². The van der Waals surface area contributed by atoms with Gasteiger partial charge in [-0.3, -0.25) is 0 Å². The summed E-state index contributed by atoms with van der Waals surface area (Å²) in [5, 5.41) is 4.91. The molecule has 0 nitrogen and oxygen atoms in total. The average molecular weight is 192 g/mol. The number of hydrogen-bond acceptors (Lipinski definition) is 0. The van der Waals surface area contributed by atoms with Crippen LogP contribution in [-0.4, -0.2) is 0 Å². The Balaban J connectivity index is 2.55. The molecule has 1 aliphatic rings. The normalized spacial score (nSPS) is 12.3. The summed E-state index contributed by atoms with van der Waals surface area (Å²) in [7, 11) is 0. The van der Waals surface area contributed by atoms with Crippen LogP contribution < -0.4 is 10.4 Å². The molecule has 15 heavy (non-hydrogen) atoms. The third kappa shape index (κ3) is 1.22. The lowest BCUT2D eigenvalue weighted by atomic mass is 10.1. The average Bonchev–Trinajstić information content (AvgIpc) is 2.53. The molecular weight excluding hydrogens is 180 g/mol. The maximum Gasteiger partial charge on any atom is -0.00130 e. The van der Waals surface area contributed by atoms with Gasteiger partial charge in [0.1, 0.15) is 0 Å². The molecule has 0 aromatic heterocycles. The summed E-state index contributed by atoms with van der Waals surface area (Å²) in [6, 6.07) is 12.9. The molecule has 0 N–H and O–H groups in total. The largest absolute Gasteiger partial charge is 0.0918 e. The highest BCUT2D eigenvalue weighted by Gasteiger charge is 2.08. The molecule has 0 heterocycles. The fourth-order valence-corrected chi connectivity index (χ4v) is 2.32. The standard InChI is InChI=1S/C15H12/c1-10-3-5-14-12(7-10)9-13-8-11(2)4-6-15(13)14/h3-8H,1-2,9H2. The molecule has 0 amide bonds. The third-order valence-electron chi connectivity index (χ3n) is 3.01. The SMILES string of the molecule is C=c1ccc2c(c1)Cc1cc(=C)ccc1=2. The Kier molecular flexibility index (Phi) is 1.60. The minimum atomic E-state index is 1.03. The van der Waals surface area contributed by atoms with Crippen molar-refractivity contribution < 1.29 is 0 Å². The maximum atomic E-state index is 3.97. The molecule has 3 rings (SSSR count). The molecule has 0 unspecified atom stereocenters. The number of rotatable bonds is 0. The summed E-state index contributed by atoms with van der Waals surface area (Å²) >= 11 is 0. The predicted molar refractivity (Wildman–Crippen MR) is 63.7 cm³/mol. The molecule has 72 valence electrons. The maximum absolute atomic E-state index is 3.97. The molecule has 2 aromatic rings. The van der Waals surface area contributed by atoms with E-state index in [4.69, 9.17) is 0 Å². The quantitative estimate of drug-likeness (QED) is 0.508. The van der Waals surface area contributed by atoms with Gasteiger partial charge in [0.05, 0.1) is 0 Å². The van der Waals surface area contributed by atoms with E-state index in [0.717, 1.165) is 16.9 Å². The number of hydrogen-bond donors (Lipinski definition) is 0. The highest BCUT2D eigenvalue weighted by molar-refractivity contribution is 5.39. The van der Waals surface area contributed by atoms with E-state index in [0.29, 0.717) is 0 Å². The molecule has 0 heteroatoms. The van der Waals surface area contributed by atoms with E-state index in [1.54, 1.807) is 0 Å². The van der Waals surface area contributed by atoms with Gasteiger partial charge in [-0.25, -0.2) is 0 Å². The van der Waals surface area contributed by atoms with Gasteiger partial charge in [-0.05, 0) is 38.4 Å². The first kappa shape index (κ1) is 8.49. The van der Waals surface area contributed by atoms with Crippen LogP contribution in [0.5, 0.6) is 0 Å². The van der Waals surface area contributed by atoms with Gasteiger partial charge in [0, 0.05) is 0 Å². The molecule has 0 saturated heterocycles. The summed E-state index contributed by atoms with van der Waals surface area (Å²) in [6.45, 7) is 7.93. The van der Waals surface area contributed by atoms with Crippen molar-refractivity contribution in [2.45, 2.75) is 6.42 Å². The minimum Gasteiger partial charge on any atom is -0.0918 e. The van der Waals surface area contributed by atoms with Gasteiger partial charge in [-0.15, -0.1) is 0 Å². The Labute approximate surface area is 88.5 Å². The van der Waals surface area contributed by atoms with Gasteiger partial charge < -0.3 is 0 Å². The van der Waals surface area contributed by atoms with Crippen molar-refractivity contribution in [2.24, 2.45) is 0 Å². The lowest BCUT2D eigenvalue weighted by Gasteiger charge is -1.94. The van der Waals surface area contributed by atoms with Crippen LogP contribution in [0, 0.1) is 10.4 Å². The van der Waals surface area contributed by atoms with Crippen molar-refractivity contribution >= 4 is 13.2 Å². The van der Waals surface area contributed by atoms with E-state index in [1.165, 1.54) is 21.6 Å². The van der Waals surface area contributed by atoms with Crippen LogP contribution in [-0.2, 0) is 6.42 Å². The Hall–Kier alpha value is -1.82. The molecule has 0 atom stereocenters. The van der Waals surface area contributed by atoms with Crippen LogP contribution in [0.4, 0.5) is 0 Å². The highest BCUT2D eigenvalue weighted by atomic mass is 14.1. The Morgan fingerprint density at radius 3 is 1.67 bits per heavy atom. The van der Waals surface area contributed by atoms with E-state index >= 15 is 0 Å². The zero-order chi connectivity index (χ0) is 10.4. The summed E-state index contributed by atoms with van der Waals surface area (Å²) < 4.78 is 0. The van der Waals surface area contributed by atoms with Crippen LogP contribution in [0.15, 0.2) is 36.4 Å². The van der Waals surface area contributed by atoms with Gasteiger partial charge in [0.2, 0.25) is 0 Å². The zero-order valence-corrected chi connectivity index (χ0v) is 8.59. The molecule has 0 fully saturated rings. The second-order valence-electron chi connectivity index (χ2n) is 4.16. The second-order valence-corrected chi connectivity index (χ2v) is 4.16. The molecule has 0 radical (unpaired) electrons. The van der Waals surface area contributed by atoms with Crippen molar-refractivity contribution in [3.05, 3.63) is 68.4 Å². The minimum absolute atomic E-state index is 1.03. The summed E-state index contributed by atoms with van der Waals surface area (Å²) in [4.78, 5) is 0. The summed E-state index contributed by atoms with van der Waals surface area (Å²) in [5.74, 6) is 0. The van der Waals surface area contributed by atoms with Crippen LogP contribution in [0.2, 0.25) is 0 Å². The Morgan fingerprint density at radius 1 is 0.733 bits per heavy atom. The smallest absolute Gasteiger partial charge is 0.00130 e. The van der Waals surface area contributed by atoms with Crippen LogP contribution in [0.1, 0.15) is 11.1 Å². The lowest BCUT2D eigenvalue weighted by molar-refractivity contribution is 1.22. The summed E-state index contributed by atoms with van der Waals surface area (Å²) in [5.41, 5.74) is 2.78. The second kappa shape index (κ2) is 2.83. The molecule has 2 aromatic carbocycles. The number of benzene rings is 2. The zero-order valence-electron chi connectivity index (χ0n) is 8.59. The monoisotopic (exact) mass is 192 g/mol. The lowest BCUT2D eigenvalue weighted by Crippen LogP contribution is -1.98. The van der Waals surface area contributed by atoms with E-state index in [1.807, 2.05) is 0 Å². The van der Waals surface area contributed by atoms with E-state index < -0.39 is 0 Å². The van der Waals surface area contributed by atoms with E-state index in [9.17, 15) is 0 Å². The first-order chi connectivity index (χ1) is 7.24. The fraction of sp³-hybridized carbons (Fsp3) is 0.0667. The van der Waals surface area contributed by atoms with Crippen molar-refractivity contribution in [2.75, 3.05) is 0 Å². The number of fused-ring (bicyclic) bond motifs is 2. The van der Waals surface area contributed by atoms with Crippen LogP contribution >= 0.6 is 0 Å². The molecule has 0 aliphatic heterocycles. The fourth-order valence-electron chi connectivity index (χ4n) is 2.32. The van der Waals surface area contributed by atoms with Crippen LogP contribution in [0.3, 0.4) is 0 Å². The first-order valence-corrected chi connectivity index (χ1v) is 5.14. The van der Waals surface area contributed by atoms with Crippen molar-refractivity contribution in [1.82, 2.24) is 0 Å². The van der Waals surface area contributed by atoms with E-state index in [-0.39, 0.29) is 0 Å². The van der Waals surface area contributed by atoms with Gasteiger partial charge in [0.25, 0.3) is 0 Å². The predicted octanol–water partition coefficient (Wildman–Crippen LogP) is 1.70. The molecule has 0 saturated carbocycles. The first-order valence-electron chi connectivity index (χ1n) is 5.14. The molecule has 1 aliphatic carbocycles. The van der Waals surface area contributed by atoms with Gasteiger partial charge in [-0.1, -0.05) is 49.6 Å². The van der Waals surface area contributed by atoms with Crippen molar-refractivity contribution in [3.63, 3.8) is 0 Å². The highest BCUT2D eigenvalue weighted by Crippen LogP contribution is 2.17.